The second-order valence-corrected chi connectivity index (χ2v) is 23.3. The molecule has 42 heteroatoms. The maximum Gasteiger partial charge on any atom is 0.490 e. The van der Waals surface area contributed by atoms with Crippen LogP contribution < -0.4 is 43.1 Å². The van der Waals surface area contributed by atoms with E-state index in [1.54, 1.807) is 0 Å². The Bertz CT molecular complexity index is 3370. The van der Waals surface area contributed by atoms with Gasteiger partial charge in [-0.1, -0.05) is 0 Å². The Labute approximate surface area is 422 Å². The first-order chi connectivity index (χ1) is 35.6. The van der Waals surface area contributed by atoms with Crippen LogP contribution in [0.15, 0.2) is 45.6 Å². The van der Waals surface area contributed by atoms with Crippen LogP contribution in [-0.2, 0) is 71.2 Å². The van der Waals surface area contributed by atoms with Crippen LogP contribution in [0.4, 0.5) is 16.6 Å². The summed E-state index contributed by atoms with van der Waals surface area (Å²) in [5.41, 5.74) is 6.87. The molecule has 5 aromatic heterocycles. The minimum Gasteiger partial charge on any atom is -0.778 e. The predicted molar refractivity (Wildman–Crippen MR) is 242 cm³/mol. The predicted octanol–water partition coefficient (Wildman–Crippen LogP) is -4.83. The van der Waals surface area contributed by atoms with Crippen LogP contribution in [-0.4, -0.2) is 169 Å². The Morgan fingerprint density at radius 3 is 2.11 bits per heavy atom. The van der Waals surface area contributed by atoms with Crippen LogP contribution >= 0.6 is 31.1 Å². The number of aryl methyl sites for hydroxylation is 1. The Balaban J connectivity index is 0.965. The van der Waals surface area contributed by atoms with Crippen molar-refractivity contribution < 1.29 is 108 Å². The van der Waals surface area contributed by atoms with Crippen LogP contribution in [0.5, 0.6) is 0 Å². The Kier molecular flexibility index (Phi) is 16.4. The second-order valence-electron chi connectivity index (χ2n) is 16.7. The lowest BCUT2D eigenvalue weighted by molar-refractivity contribution is -0.646. The van der Waals surface area contributed by atoms with Crippen molar-refractivity contribution in [3.63, 3.8) is 0 Å². The molecule has 418 valence electrons. The van der Waals surface area contributed by atoms with Gasteiger partial charge in [0.2, 0.25) is 18.5 Å². The zero-order valence-corrected chi connectivity index (χ0v) is 42.7. The van der Waals surface area contributed by atoms with Gasteiger partial charge in [0.15, 0.2) is 23.9 Å². The number of hydrogen-bond donors (Lipinski definition) is 11. The highest BCUT2D eigenvalue weighted by Gasteiger charge is 2.55. The number of ether oxygens (including phenoxy) is 5. The fourth-order valence-electron chi connectivity index (χ4n) is 8.59. The number of fused-ring (bicyclic) bond motifs is 2. The van der Waals surface area contributed by atoms with Gasteiger partial charge in [0.05, 0.1) is 58.2 Å². The van der Waals surface area contributed by atoms with Gasteiger partial charge >= 0.3 is 40.8 Å². The fraction of sp³-hybridized carbons (Fsp3) is 0.559. The van der Waals surface area contributed by atoms with E-state index in [1.807, 2.05) is 4.98 Å². The van der Waals surface area contributed by atoms with E-state index in [0.29, 0.717) is 4.57 Å². The van der Waals surface area contributed by atoms with Gasteiger partial charge in [0.1, 0.15) is 50.0 Å². The van der Waals surface area contributed by atoms with E-state index >= 15 is 0 Å². The number of nitrogens with zero attached hydrogens (tertiary/aromatic N) is 8. The minimum atomic E-state index is -6.27. The van der Waals surface area contributed by atoms with Gasteiger partial charge in [-0.25, -0.2) is 42.8 Å². The first kappa shape index (κ1) is 56.9. The molecule has 13 N–H and O–H groups in total. The molecule has 3 saturated heterocycles. The number of imidazole rings is 2. The number of aliphatic hydroxyl groups excluding tert-OH is 3. The average Bonchev–Trinajstić information content (AvgIpc) is 4.14. The number of methoxy groups -OCH3 is 2. The summed E-state index contributed by atoms with van der Waals surface area (Å²) in [7, 11) is -20.3. The van der Waals surface area contributed by atoms with E-state index in [-0.39, 0.29) is 34.1 Å². The molecule has 8 heterocycles. The van der Waals surface area contributed by atoms with Crippen LogP contribution in [0.2, 0.25) is 0 Å². The number of phosphoric acid groups is 3. The molecule has 3 aliphatic heterocycles. The van der Waals surface area contributed by atoms with Gasteiger partial charge in [-0.15, -0.1) is 0 Å². The Hall–Kier alpha value is -5.27. The van der Waals surface area contributed by atoms with Gasteiger partial charge in [0.25, 0.3) is 16.7 Å². The Morgan fingerprint density at radius 1 is 0.816 bits per heavy atom. The van der Waals surface area contributed by atoms with E-state index < -0.39 is 153 Å². The van der Waals surface area contributed by atoms with Crippen molar-refractivity contribution in [2.75, 3.05) is 52.1 Å². The van der Waals surface area contributed by atoms with Crippen molar-refractivity contribution in [1.82, 2.24) is 48.9 Å². The number of carbonyl (C=O) groups is 1. The number of phosphoric ester groups is 2. The maximum absolute atomic E-state index is 14.2. The number of aromatic nitrogens is 10. The van der Waals surface area contributed by atoms with E-state index in [1.165, 1.54) is 22.5 Å². The van der Waals surface area contributed by atoms with Gasteiger partial charge in [-0.05, 0) is 0 Å². The number of nitrogen functional groups attached to an aromatic ring is 2. The third-order valence-electron chi connectivity index (χ3n) is 12.0. The van der Waals surface area contributed by atoms with Crippen LogP contribution in [0.25, 0.3) is 22.3 Å². The molecule has 0 aromatic carbocycles. The summed E-state index contributed by atoms with van der Waals surface area (Å²) in [5, 5.41) is 35.2. The normalized spacial score (nSPS) is 30.0. The van der Waals surface area contributed by atoms with Crippen molar-refractivity contribution in [1.29, 1.82) is 0 Å². The standard InChI is InChI=1S/C34H47N13O25P4/c1-44-12-47(27-19(44)28(52)43-32(36)42-27)29-20(49)13(6-37-34(54)64-3)14(68-29)7-66-74(57,58)71-76(61,62)72-75(59,60)67-9-16-24(23(63-2)31(70-16)46-11-40-18-25(35)38-10-39-26(18)46)73(55,56)65-8-15-21(50)22(51)30(69-15)45-5-4-17(48)41-33(45)53/h4-5,10-16,20-24,29-31,49-51H,6-9H2,1-3H3,(H10-,35,36,37,38,39,41,42,43,48,52,53,54,55,56,57,58,59,60,61,62)/t13-,14-,15-,16-,20-,21-,22-,23-,24-,29-,30-,31-/m1/s1. The largest absolute Gasteiger partial charge is 0.778 e. The highest BCUT2D eigenvalue weighted by molar-refractivity contribution is 7.66. The maximum atomic E-state index is 14.2. The molecule has 0 bridgehead atoms. The molecule has 76 heavy (non-hydrogen) atoms. The van der Waals surface area contributed by atoms with E-state index in [2.05, 4.69) is 43.6 Å². The summed E-state index contributed by atoms with van der Waals surface area (Å²) >= 11 is 0. The third-order valence-corrected chi connectivity index (χ3v) is 18.1. The molecule has 0 saturated carbocycles. The number of nitrogens with one attached hydrogen (secondary N) is 3. The molecule has 3 aliphatic rings. The average molecular weight is 1160 g/mol. The van der Waals surface area contributed by atoms with Crippen LogP contribution in [0.1, 0.15) is 18.7 Å². The minimum absolute atomic E-state index is 0.00757. The molecule has 5 aromatic rings. The highest BCUT2D eigenvalue weighted by atomic mass is 31.3. The molecule has 0 radical (unpaired) electrons. The number of aromatic amines is 2. The first-order valence-corrected chi connectivity index (χ1v) is 27.8. The lowest BCUT2D eigenvalue weighted by Gasteiger charge is -2.35. The number of anilines is 2. The number of hydrogen-bond acceptors (Lipinski definition) is 28. The SMILES string of the molecule is COC(=O)NC[C@H]1[C@@H](O)[C@H](n2c[n+](C)c3c(=O)[nH]c(N)nc32)O[C@@H]1COP(=O)(O)OP(=O)(O)OP(=O)(O)OC[C@H]1O[C@@H](n2cnc3c(N)ncnc32)[C@H](OC)[C@@H]1P(=O)([O-])OC[C@H]1O[C@@H](n2ccc(=O)[nH]c2=O)[C@H](O)[C@@H]1O. The first-order valence-electron chi connectivity index (χ1n) is 21.7. The molecule has 3 fully saturated rings. The number of aliphatic hydroxyl groups is 3. The zero-order chi connectivity index (χ0) is 55.4. The van der Waals surface area contributed by atoms with Gasteiger partial charge in [0, 0.05) is 31.8 Å². The topological polar surface area (TPSA) is 539 Å². The smallest absolute Gasteiger partial charge is 0.490 e. The molecule has 4 unspecified atom stereocenters. The lowest BCUT2D eigenvalue weighted by Crippen LogP contribution is -2.40. The number of alkyl carbamates (subject to hydrolysis) is 1. The molecule has 38 nitrogen and oxygen atoms in total. The van der Waals surface area contributed by atoms with Gasteiger partial charge < -0.3 is 84.5 Å². The van der Waals surface area contributed by atoms with Crippen molar-refractivity contribution in [3.05, 3.63) is 62.4 Å². The number of rotatable bonds is 20. The summed E-state index contributed by atoms with van der Waals surface area (Å²) in [4.78, 5) is 115. The zero-order valence-electron chi connectivity index (χ0n) is 39.1. The molecule has 1 amide bonds. The number of nitrogens with two attached hydrogens (primary N) is 2. The summed E-state index contributed by atoms with van der Waals surface area (Å²) in [6.45, 7) is -3.98. The number of H-pyrrole nitrogens is 2. The number of carbonyl (C=O) groups excluding carboxylic acids is 1. The quantitative estimate of drug-likeness (QED) is 0.0257. The van der Waals surface area contributed by atoms with Crippen molar-refractivity contribution >= 4 is 71.3 Å². The van der Waals surface area contributed by atoms with Crippen LogP contribution in [0.3, 0.4) is 0 Å². The molecule has 0 aliphatic carbocycles. The second kappa shape index (κ2) is 21.9. The van der Waals surface area contributed by atoms with Crippen molar-refractivity contribution in [2.24, 2.45) is 13.0 Å². The van der Waals surface area contributed by atoms with E-state index in [4.69, 9.17) is 44.0 Å². The molecule has 0 spiro atoms. The molecular formula is C34H47N13O25P4. The summed E-state index contributed by atoms with van der Waals surface area (Å²) < 4.78 is 109. The summed E-state index contributed by atoms with van der Waals surface area (Å²) in [6.07, 6.45) is -13.6. The fourth-order valence-corrected chi connectivity index (χ4v) is 13.8. The van der Waals surface area contributed by atoms with Crippen molar-refractivity contribution in [3.8, 4) is 0 Å². The molecule has 8 rings (SSSR count). The third kappa shape index (κ3) is 11.8. The molecule has 16 atom stereocenters. The summed E-state index contributed by atoms with van der Waals surface area (Å²) in [6, 6.07) is 0.909. The van der Waals surface area contributed by atoms with Gasteiger partial charge in [-0.3, -0.25) is 37.7 Å². The monoisotopic (exact) mass is 1160 g/mol. The lowest BCUT2D eigenvalue weighted by atomic mass is 9.98. The Morgan fingerprint density at radius 2 is 1.45 bits per heavy atom. The van der Waals surface area contributed by atoms with Gasteiger partial charge in [-0.2, -0.15) is 18.2 Å². The highest BCUT2D eigenvalue weighted by Crippen LogP contribution is 2.68. The summed E-state index contributed by atoms with van der Waals surface area (Å²) in [5.74, 6) is -1.68. The number of amides is 1. The van der Waals surface area contributed by atoms with Crippen LogP contribution in [0, 0.1) is 5.92 Å². The van der Waals surface area contributed by atoms with E-state index in [9.17, 15) is 72.3 Å². The van der Waals surface area contributed by atoms with E-state index in [0.717, 1.165) is 43.7 Å². The molecular weight excluding hydrogens is 1110 g/mol. The van der Waals surface area contributed by atoms with Crippen molar-refractivity contribution in [2.45, 2.75) is 67.1 Å².